The summed E-state index contributed by atoms with van der Waals surface area (Å²) < 4.78 is 17.4. The molecule has 1 atom stereocenters. The molecule has 0 unspecified atom stereocenters. The van der Waals surface area contributed by atoms with Gasteiger partial charge in [-0.1, -0.05) is 35.9 Å². The van der Waals surface area contributed by atoms with Gasteiger partial charge in [0.1, 0.15) is 6.61 Å². The van der Waals surface area contributed by atoms with Crippen molar-refractivity contribution in [2.24, 2.45) is 0 Å². The van der Waals surface area contributed by atoms with Crippen molar-refractivity contribution < 1.29 is 14.2 Å². The minimum Gasteiger partial charge on any atom is -0.490 e. The van der Waals surface area contributed by atoms with Gasteiger partial charge in [-0.05, 0) is 43.5 Å². The summed E-state index contributed by atoms with van der Waals surface area (Å²) in [5.74, 6) is 1.49. The molecule has 0 aromatic heterocycles. The lowest BCUT2D eigenvalue weighted by Crippen LogP contribution is -2.25. The SMILES string of the molecule is CCOc1cc(CNC[C@@H]2CCCO2)ccc1OCc1ccccc1Cl. The Hall–Kier alpha value is -1.75. The lowest BCUT2D eigenvalue weighted by atomic mass is 10.2. The van der Waals surface area contributed by atoms with Crippen molar-refractivity contribution in [3.63, 3.8) is 0 Å². The minimum atomic E-state index is 0.347. The fraction of sp³-hybridized carbons (Fsp3) is 0.429. The van der Waals surface area contributed by atoms with E-state index in [1.54, 1.807) is 0 Å². The van der Waals surface area contributed by atoms with Crippen LogP contribution in [0.1, 0.15) is 30.9 Å². The van der Waals surface area contributed by atoms with Crippen LogP contribution in [0, 0.1) is 0 Å². The van der Waals surface area contributed by atoms with Crippen molar-refractivity contribution in [2.45, 2.75) is 39.0 Å². The molecular formula is C21H26ClNO3. The Kier molecular flexibility index (Phi) is 7.18. The summed E-state index contributed by atoms with van der Waals surface area (Å²) in [7, 11) is 0. The molecule has 2 aromatic carbocycles. The number of halogens is 1. The first kappa shape index (κ1) is 19.0. The zero-order chi connectivity index (χ0) is 18.2. The Balaban J connectivity index is 1.59. The highest BCUT2D eigenvalue weighted by atomic mass is 35.5. The molecule has 0 bridgehead atoms. The van der Waals surface area contributed by atoms with Gasteiger partial charge in [-0.3, -0.25) is 0 Å². The summed E-state index contributed by atoms with van der Waals surface area (Å²) in [5, 5.41) is 4.17. The van der Waals surface area contributed by atoms with Crippen LogP contribution in [0.4, 0.5) is 0 Å². The fourth-order valence-corrected chi connectivity index (χ4v) is 3.19. The molecular weight excluding hydrogens is 350 g/mol. The van der Waals surface area contributed by atoms with E-state index in [9.17, 15) is 0 Å². The maximum Gasteiger partial charge on any atom is 0.161 e. The maximum absolute atomic E-state index is 6.20. The van der Waals surface area contributed by atoms with Crippen LogP contribution in [0.5, 0.6) is 11.5 Å². The summed E-state index contributed by atoms with van der Waals surface area (Å²) in [5.41, 5.74) is 2.12. The molecule has 26 heavy (non-hydrogen) atoms. The molecule has 0 amide bonds. The Bertz CT molecular complexity index is 701. The van der Waals surface area contributed by atoms with Crippen LogP contribution in [0.15, 0.2) is 42.5 Å². The highest BCUT2D eigenvalue weighted by Crippen LogP contribution is 2.30. The lowest BCUT2D eigenvalue weighted by molar-refractivity contribution is 0.110. The van der Waals surface area contributed by atoms with E-state index in [-0.39, 0.29) is 0 Å². The largest absolute Gasteiger partial charge is 0.490 e. The molecule has 0 saturated carbocycles. The van der Waals surface area contributed by atoms with Crippen molar-refractivity contribution in [1.82, 2.24) is 5.32 Å². The standard InChI is InChI=1S/C21H26ClNO3/c1-2-24-21-12-16(13-23-14-18-7-5-11-25-18)9-10-20(21)26-15-17-6-3-4-8-19(17)22/h3-4,6,8-10,12,18,23H,2,5,7,11,13-15H2,1H3/t18-/m0/s1. The monoisotopic (exact) mass is 375 g/mol. The first-order chi connectivity index (χ1) is 12.8. The fourth-order valence-electron chi connectivity index (χ4n) is 3.00. The number of nitrogens with one attached hydrogen (secondary N) is 1. The summed E-state index contributed by atoms with van der Waals surface area (Å²) in [6.07, 6.45) is 2.66. The van der Waals surface area contributed by atoms with E-state index >= 15 is 0 Å². The second-order valence-corrected chi connectivity index (χ2v) is 6.77. The highest BCUT2D eigenvalue weighted by Gasteiger charge is 2.14. The predicted molar refractivity (Wildman–Crippen MR) is 104 cm³/mol. The number of rotatable bonds is 9. The van der Waals surface area contributed by atoms with Gasteiger partial charge in [0.15, 0.2) is 11.5 Å². The molecule has 1 N–H and O–H groups in total. The lowest BCUT2D eigenvalue weighted by Gasteiger charge is -2.15. The van der Waals surface area contributed by atoms with E-state index in [1.807, 2.05) is 43.3 Å². The molecule has 0 aliphatic carbocycles. The average Bonchev–Trinajstić information content (AvgIpc) is 3.16. The molecule has 1 heterocycles. The summed E-state index contributed by atoms with van der Waals surface area (Å²) >= 11 is 6.20. The van der Waals surface area contributed by atoms with Crippen LogP contribution >= 0.6 is 11.6 Å². The molecule has 4 nitrogen and oxygen atoms in total. The Morgan fingerprint density at radius 3 is 2.81 bits per heavy atom. The van der Waals surface area contributed by atoms with Gasteiger partial charge in [0.25, 0.3) is 0 Å². The Labute approximate surface area is 160 Å². The molecule has 140 valence electrons. The molecule has 5 heteroatoms. The van der Waals surface area contributed by atoms with Crippen LogP contribution in [0.3, 0.4) is 0 Å². The van der Waals surface area contributed by atoms with Gasteiger partial charge in [-0.15, -0.1) is 0 Å². The van der Waals surface area contributed by atoms with Crippen molar-refractivity contribution in [3.05, 3.63) is 58.6 Å². The quantitative estimate of drug-likeness (QED) is 0.696. The average molecular weight is 376 g/mol. The third-order valence-corrected chi connectivity index (χ3v) is 4.74. The minimum absolute atomic E-state index is 0.347. The maximum atomic E-state index is 6.20. The van der Waals surface area contributed by atoms with Crippen LogP contribution in [0.25, 0.3) is 0 Å². The van der Waals surface area contributed by atoms with Crippen molar-refractivity contribution in [2.75, 3.05) is 19.8 Å². The molecule has 1 aliphatic heterocycles. The normalized spacial score (nSPS) is 16.6. The van der Waals surface area contributed by atoms with Gasteiger partial charge >= 0.3 is 0 Å². The first-order valence-corrected chi connectivity index (χ1v) is 9.58. The Morgan fingerprint density at radius 1 is 1.15 bits per heavy atom. The van der Waals surface area contributed by atoms with E-state index in [0.717, 1.165) is 55.2 Å². The van der Waals surface area contributed by atoms with E-state index in [2.05, 4.69) is 11.4 Å². The van der Waals surface area contributed by atoms with Gasteiger partial charge in [0.2, 0.25) is 0 Å². The van der Waals surface area contributed by atoms with E-state index in [4.69, 9.17) is 25.8 Å². The van der Waals surface area contributed by atoms with Gasteiger partial charge in [-0.25, -0.2) is 0 Å². The van der Waals surface area contributed by atoms with Crippen molar-refractivity contribution in [1.29, 1.82) is 0 Å². The third kappa shape index (κ3) is 5.37. The molecule has 2 aromatic rings. The van der Waals surface area contributed by atoms with Gasteiger partial charge in [-0.2, -0.15) is 0 Å². The van der Waals surface area contributed by atoms with Gasteiger partial charge in [0.05, 0.1) is 12.7 Å². The summed E-state index contributed by atoms with van der Waals surface area (Å²) in [6.45, 7) is 5.53. The van der Waals surface area contributed by atoms with Crippen LogP contribution in [-0.2, 0) is 17.9 Å². The molecule has 1 aliphatic rings. The molecule has 0 spiro atoms. The first-order valence-electron chi connectivity index (χ1n) is 9.20. The van der Waals surface area contributed by atoms with Crippen molar-refractivity contribution in [3.8, 4) is 11.5 Å². The third-order valence-electron chi connectivity index (χ3n) is 4.37. The number of hydrogen-bond donors (Lipinski definition) is 1. The Morgan fingerprint density at radius 2 is 2.04 bits per heavy atom. The number of hydrogen-bond acceptors (Lipinski definition) is 4. The molecule has 1 saturated heterocycles. The number of ether oxygens (including phenoxy) is 3. The smallest absolute Gasteiger partial charge is 0.161 e. The second kappa shape index (κ2) is 9.81. The zero-order valence-electron chi connectivity index (χ0n) is 15.2. The summed E-state index contributed by atoms with van der Waals surface area (Å²) in [6, 6.07) is 13.8. The molecule has 1 fully saturated rings. The molecule has 3 rings (SSSR count). The van der Waals surface area contributed by atoms with Crippen LogP contribution in [0.2, 0.25) is 5.02 Å². The van der Waals surface area contributed by atoms with E-state index < -0.39 is 0 Å². The van der Waals surface area contributed by atoms with Gasteiger partial charge in [0, 0.05) is 30.3 Å². The predicted octanol–water partition coefficient (Wildman–Crippen LogP) is 4.59. The van der Waals surface area contributed by atoms with E-state index in [0.29, 0.717) is 24.3 Å². The van der Waals surface area contributed by atoms with Crippen LogP contribution < -0.4 is 14.8 Å². The molecule has 0 radical (unpaired) electrons. The van der Waals surface area contributed by atoms with Crippen LogP contribution in [-0.4, -0.2) is 25.9 Å². The van der Waals surface area contributed by atoms with Gasteiger partial charge < -0.3 is 19.5 Å². The summed E-state index contributed by atoms with van der Waals surface area (Å²) in [4.78, 5) is 0. The highest BCUT2D eigenvalue weighted by molar-refractivity contribution is 6.31. The second-order valence-electron chi connectivity index (χ2n) is 6.36. The topological polar surface area (TPSA) is 39.7 Å². The zero-order valence-corrected chi connectivity index (χ0v) is 15.9. The van der Waals surface area contributed by atoms with E-state index in [1.165, 1.54) is 0 Å². The number of benzene rings is 2. The van der Waals surface area contributed by atoms with Crippen molar-refractivity contribution >= 4 is 11.6 Å².